The average molecular weight is 671 g/mol. The number of fused-ring (bicyclic) bond motifs is 1. The number of imidazole rings is 1. The molecule has 2 aliphatic rings. The van der Waals surface area contributed by atoms with E-state index in [-0.39, 0.29) is 16.9 Å². The van der Waals surface area contributed by atoms with E-state index < -0.39 is 39.1 Å². The highest BCUT2D eigenvalue weighted by Crippen LogP contribution is 2.41. The number of aromatic nitrogens is 4. The van der Waals surface area contributed by atoms with Crippen molar-refractivity contribution in [2.75, 3.05) is 6.61 Å². The Morgan fingerprint density at radius 3 is 2.29 bits per heavy atom. The van der Waals surface area contributed by atoms with Crippen molar-refractivity contribution in [1.82, 2.24) is 19.5 Å². The maximum atomic E-state index is 16.3. The van der Waals surface area contributed by atoms with E-state index in [1.807, 2.05) is 60.7 Å². The molecule has 0 unspecified atom stereocenters. The molecule has 3 heterocycles. The molecule has 13 heteroatoms. The zero-order valence-corrected chi connectivity index (χ0v) is 27.9. The van der Waals surface area contributed by atoms with Crippen LogP contribution in [0.5, 0.6) is 0 Å². The standard InChI is InChI=1S/C32H36ClFN4O5SSi/c1-32(2,3)45(21-14-6-4-7-15-21,22-16-8-5-9-17-22)41-18-23-26(43-31(39)40)24(34)29(42-23)38-19-35-25-27(38)36-30(33)37-28(25)44-20-12-10-11-13-20/h4-9,14-17,19-20,23-24,26,29H,10-13,18H2,1-3H3,(H,39,40)/t23-,24+,26-,29-/m1/s1. The van der Waals surface area contributed by atoms with Gasteiger partial charge in [-0.3, -0.25) is 4.57 Å². The van der Waals surface area contributed by atoms with E-state index >= 15 is 4.39 Å². The number of alkyl halides is 1. The van der Waals surface area contributed by atoms with E-state index in [9.17, 15) is 9.90 Å². The number of carbonyl (C=O) groups is 1. The highest BCUT2D eigenvalue weighted by molar-refractivity contribution is 8.00. The molecule has 1 N–H and O–H groups in total. The molecule has 2 aromatic carbocycles. The molecule has 1 saturated heterocycles. The lowest BCUT2D eigenvalue weighted by Crippen LogP contribution is -2.67. The lowest BCUT2D eigenvalue weighted by Gasteiger charge is -2.43. The molecule has 1 aliphatic carbocycles. The predicted octanol–water partition coefficient (Wildman–Crippen LogP) is 6.39. The van der Waals surface area contributed by atoms with Gasteiger partial charge >= 0.3 is 6.16 Å². The van der Waals surface area contributed by atoms with Gasteiger partial charge in [0.25, 0.3) is 8.32 Å². The summed E-state index contributed by atoms with van der Waals surface area (Å²) in [6.07, 6.45) is -1.33. The zero-order valence-electron chi connectivity index (χ0n) is 25.3. The van der Waals surface area contributed by atoms with Crippen LogP contribution in [0.25, 0.3) is 11.2 Å². The first kappa shape index (κ1) is 31.9. The lowest BCUT2D eigenvalue weighted by atomic mass is 10.1. The van der Waals surface area contributed by atoms with Gasteiger partial charge in [-0.2, -0.15) is 4.98 Å². The van der Waals surface area contributed by atoms with Crippen LogP contribution in [0.1, 0.15) is 52.7 Å². The first-order valence-corrected chi connectivity index (χ1v) is 18.3. The van der Waals surface area contributed by atoms with Crippen molar-refractivity contribution >= 4 is 59.4 Å². The Balaban J connectivity index is 1.35. The molecule has 9 nitrogen and oxygen atoms in total. The Morgan fingerprint density at radius 2 is 1.71 bits per heavy atom. The van der Waals surface area contributed by atoms with Gasteiger partial charge in [-0.1, -0.05) is 94.3 Å². The summed E-state index contributed by atoms with van der Waals surface area (Å²) in [6, 6.07) is 20.0. The number of hydrogen-bond donors (Lipinski definition) is 1. The fraction of sp³-hybridized carbons (Fsp3) is 0.438. The summed E-state index contributed by atoms with van der Waals surface area (Å²) in [5.41, 5.74) is 0.806. The Kier molecular flexibility index (Phi) is 9.22. The summed E-state index contributed by atoms with van der Waals surface area (Å²) in [5, 5.41) is 12.3. The van der Waals surface area contributed by atoms with Crippen LogP contribution in [0.15, 0.2) is 72.0 Å². The second-order valence-corrected chi connectivity index (χ2v) is 18.4. The van der Waals surface area contributed by atoms with Crippen LogP contribution < -0.4 is 10.4 Å². The van der Waals surface area contributed by atoms with Gasteiger partial charge in [0, 0.05) is 5.25 Å². The molecule has 45 heavy (non-hydrogen) atoms. The third-order valence-electron chi connectivity index (χ3n) is 8.60. The maximum Gasteiger partial charge on any atom is 0.506 e. The summed E-state index contributed by atoms with van der Waals surface area (Å²) in [5.74, 6) is 0. The van der Waals surface area contributed by atoms with E-state index in [1.54, 1.807) is 11.8 Å². The number of hydrogen-bond acceptors (Lipinski definition) is 8. The van der Waals surface area contributed by atoms with Gasteiger partial charge in [0.1, 0.15) is 16.6 Å². The summed E-state index contributed by atoms with van der Waals surface area (Å²) in [7, 11) is -3.04. The SMILES string of the molecule is CC(C)(C)[Si](OC[C@H]1O[C@@H](n2cnc3c(SC4CCCC4)nc(Cl)nc32)[C@@H](F)[C@@H]1OC(=O)O)(c1ccccc1)c1ccccc1. The van der Waals surface area contributed by atoms with Crippen molar-refractivity contribution in [3.63, 3.8) is 0 Å². The molecule has 0 bridgehead atoms. The van der Waals surface area contributed by atoms with Crippen molar-refractivity contribution in [3.8, 4) is 0 Å². The molecule has 1 saturated carbocycles. The van der Waals surface area contributed by atoms with Crippen LogP contribution in [-0.2, 0) is 13.9 Å². The monoisotopic (exact) mass is 670 g/mol. The number of carboxylic acid groups (broad SMARTS) is 1. The van der Waals surface area contributed by atoms with Crippen LogP contribution >= 0.6 is 23.4 Å². The number of thioether (sulfide) groups is 1. The number of benzene rings is 2. The maximum absolute atomic E-state index is 16.3. The Morgan fingerprint density at radius 1 is 1.09 bits per heavy atom. The quantitative estimate of drug-likeness (QED) is 0.0938. The third kappa shape index (κ3) is 6.22. The van der Waals surface area contributed by atoms with Gasteiger partial charge in [-0.15, -0.1) is 11.8 Å². The van der Waals surface area contributed by atoms with E-state index in [1.165, 1.54) is 10.9 Å². The number of rotatable bonds is 9. The second-order valence-electron chi connectivity index (χ2n) is 12.5. The van der Waals surface area contributed by atoms with Crippen LogP contribution in [0.2, 0.25) is 10.3 Å². The van der Waals surface area contributed by atoms with Crippen LogP contribution in [0.3, 0.4) is 0 Å². The van der Waals surface area contributed by atoms with Crippen LogP contribution in [0, 0.1) is 0 Å². The molecule has 0 amide bonds. The van der Waals surface area contributed by atoms with E-state index in [0.717, 1.165) is 36.1 Å². The Labute approximate surface area is 271 Å². The Hall–Kier alpha value is -3.03. The predicted molar refractivity (Wildman–Crippen MR) is 174 cm³/mol. The topological polar surface area (TPSA) is 109 Å². The van der Waals surface area contributed by atoms with Gasteiger partial charge in [-0.25, -0.2) is 19.2 Å². The van der Waals surface area contributed by atoms with Gasteiger partial charge < -0.3 is 19.0 Å². The second kappa shape index (κ2) is 13.0. The average Bonchev–Trinajstić information content (AvgIpc) is 3.74. The normalized spacial score (nSPS) is 22.7. The molecule has 4 aromatic rings. The van der Waals surface area contributed by atoms with Crippen LogP contribution in [0.4, 0.5) is 9.18 Å². The number of ether oxygens (including phenoxy) is 2. The molecule has 6 rings (SSSR count). The molecule has 0 spiro atoms. The van der Waals surface area contributed by atoms with Crippen molar-refractivity contribution in [1.29, 1.82) is 0 Å². The summed E-state index contributed by atoms with van der Waals surface area (Å²) in [4.78, 5) is 25.1. The Bertz CT molecular complexity index is 1600. The minimum absolute atomic E-state index is 0.0167. The molecule has 1 aliphatic heterocycles. The van der Waals surface area contributed by atoms with Gasteiger partial charge in [0.2, 0.25) is 5.28 Å². The van der Waals surface area contributed by atoms with Crippen LogP contribution in [-0.4, -0.2) is 69.3 Å². The van der Waals surface area contributed by atoms with Crippen molar-refractivity contribution in [2.24, 2.45) is 0 Å². The third-order valence-corrected chi connectivity index (χ3v) is 15.1. The first-order valence-electron chi connectivity index (χ1n) is 15.1. The number of nitrogens with zero attached hydrogens (tertiary/aromatic N) is 4. The molecule has 2 aromatic heterocycles. The van der Waals surface area contributed by atoms with Gasteiger partial charge in [0.15, 0.2) is 24.2 Å². The summed E-state index contributed by atoms with van der Waals surface area (Å²) in [6.45, 7) is 6.28. The van der Waals surface area contributed by atoms with Crippen molar-refractivity contribution < 1.29 is 28.2 Å². The molecule has 238 valence electrons. The summed E-state index contributed by atoms with van der Waals surface area (Å²) < 4.78 is 36.1. The number of halogens is 2. The van der Waals surface area contributed by atoms with Gasteiger partial charge in [-0.05, 0) is 39.9 Å². The highest BCUT2D eigenvalue weighted by Gasteiger charge is 2.54. The first-order chi connectivity index (χ1) is 21.6. The van der Waals surface area contributed by atoms with Crippen molar-refractivity contribution in [3.05, 3.63) is 72.3 Å². The molecular formula is C32H36ClFN4O5SSi. The van der Waals surface area contributed by atoms with E-state index in [2.05, 4.69) is 35.7 Å². The zero-order chi connectivity index (χ0) is 31.8. The minimum Gasteiger partial charge on any atom is -0.450 e. The molecule has 2 fully saturated rings. The largest absolute Gasteiger partial charge is 0.506 e. The summed E-state index contributed by atoms with van der Waals surface area (Å²) >= 11 is 7.94. The molecular weight excluding hydrogens is 635 g/mol. The fourth-order valence-electron chi connectivity index (χ4n) is 6.58. The minimum atomic E-state index is -3.04. The van der Waals surface area contributed by atoms with E-state index in [0.29, 0.717) is 21.4 Å². The van der Waals surface area contributed by atoms with Crippen molar-refractivity contribution in [2.45, 2.75) is 86.4 Å². The van der Waals surface area contributed by atoms with Gasteiger partial charge in [0.05, 0.1) is 12.9 Å². The lowest BCUT2D eigenvalue weighted by molar-refractivity contribution is -0.0490. The van der Waals surface area contributed by atoms with E-state index in [4.69, 9.17) is 25.5 Å². The molecule has 4 atom stereocenters. The molecule has 0 radical (unpaired) electrons. The smallest absolute Gasteiger partial charge is 0.450 e. The highest BCUT2D eigenvalue weighted by atomic mass is 35.5. The fourth-order valence-corrected chi connectivity index (χ4v) is 12.6.